The highest BCUT2D eigenvalue weighted by Gasteiger charge is 2.31. The van der Waals surface area contributed by atoms with Crippen molar-refractivity contribution in [3.8, 4) is 0 Å². The Bertz CT molecular complexity index is 593. The fourth-order valence-electron chi connectivity index (χ4n) is 2.44. The van der Waals surface area contributed by atoms with E-state index in [1.165, 1.54) is 4.31 Å². The van der Waals surface area contributed by atoms with E-state index in [2.05, 4.69) is 0 Å². The topological polar surface area (TPSA) is 63.4 Å². The van der Waals surface area contributed by atoms with E-state index < -0.39 is 10.0 Å². The van der Waals surface area contributed by atoms with Crippen molar-refractivity contribution in [1.82, 2.24) is 4.31 Å². The van der Waals surface area contributed by atoms with Gasteiger partial charge in [-0.1, -0.05) is 6.07 Å². The zero-order chi connectivity index (χ0) is 14.9. The Kier molecular flexibility index (Phi) is 4.79. The average Bonchev–Trinajstić information content (AvgIpc) is 2.94. The molecule has 2 N–H and O–H groups in total. The van der Waals surface area contributed by atoms with Crippen LogP contribution in [0.4, 0.5) is 0 Å². The van der Waals surface area contributed by atoms with Gasteiger partial charge in [-0.05, 0) is 48.8 Å². The van der Waals surface area contributed by atoms with Gasteiger partial charge in [0.1, 0.15) is 0 Å². The Morgan fingerprint density at radius 3 is 2.65 bits per heavy atom. The summed E-state index contributed by atoms with van der Waals surface area (Å²) in [6.45, 7) is 4.14. The molecule has 1 aromatic carbocycles. The van der Waals surface area contributed by atoms with Crippen molar-refractivity contribution < 1.29 is 8.42 Å². The van der Waals surface area contributed by atoms with Crippen molar-refractivity contribution in [3.05, 3.63) is 28.8 Å². The third-order valence-electron chi connectivity index (χ3n) is 3.99. The van der Waals surface area contributed by atoms with Crippen LogP contribution >= 0.6 is 11.8 Å². The molecular weight excluding hydrogens is 292 g/mol. The number of benzene rings is 1. The maximum absolute atomic E-state index is 12.8. The minimum absolute atomic E-state index is 0.103. The second kappa shape index (κ2) is 6.05. The van der Waals surface area contributed by atoms with E-state index in [1.54, 1.807) is 13.1 Å². The van der Waals surface area contributed by atoms with Crippen molar-refractivity contribution in [2.45, 2.75) is 37.8 Å². The number of sulfonamides is 1. The first-order chi connectivity index (χ1) is 9.37. The molecule has 0 amide bonds. The van der Waals surface area contributed by atoms with Crippen molar-refractivity contribution in [2.75, 3.05) is 18.6 Å². The Hall–Kier alpha value is -0.560. The predicted molar refractivity (Wildman–Crippen MR) is 84.5 cm³/mol. The van der Waals surface area contributed by atoms with E-state index >= 15 is 0 Å². The zero-order valence-electron chi connectivity index (χ0n) is 12.2. The standard InChI is InChI=1S/C14H22N2O2S2/c1-10-6-12(8-15)7-14(11(10)2)20(17,18)16(3)13-4-5-19-9-13/h6-7,13H,4-5,8-9,15H2,1-3H3. The molecule has 0 radical (unpaired) electrons. The molecule has 1 unspecified atom stereocenters. The van der Waals surface area contributed by atoms with Crippen LogP contribution in [0.25, 0.3) is 0 Å². The summed E-state index contributed by atoms with van der Waals surface area (Å²) in [6, 6.07) is 3.78. The van der Waals surface area contributed by atoms with Gasteiger partial charge in [0, 0.05) is 25.4 Å². The summed E-state index contributed by atoms with van der Waals surface area (Å²) in [5.41, 5.74) is 8.32. The number of rotatable bonds is 4. The highest BCUT2D eigenvalue weighted by atomic mass is 32.2. The third kappa shape index (κ3) is 2.88. The normalized spacial score (nSPS) is 19.8. The summed E-state index contributed by atoms with van der Waals surface area (Å²) in [5.74, 6) is 1.91. The van der Waals surface area contributed by atoms with E-state index in [1.807, 2.05) is 31.7 Å². The minimum Gasteiger partial charge on any atom is -0.326 e. The molecule has 0 bridgehead atoms. The number of hydrogen-bond acceptors (Lipinski definition) is 4. The summed E-state index contributed by atoms with van der Waals surface area (Å²) >= 11 is 1.81. The van der Waals surface area contributed by atoms with Crippen LogP contribution in [0.5, 0.6) is 0 Å². The van der Waals surface area contributed by atoms with Crippen LogP contribution in [-0.4, -0.2) is 37.3 Å². The van der Waals surface area contributed by atoms with Crippen LogP contribution in [0.2, 0.25) is 0 Å². The molecule has 112 valence electrons. The Morgan fingerprint density at radius 2 is 2.10 bits per heavy atom. The van der Waals surface area contributed by atoms with Crippen LogP contribution in [0.1, 0.15) is 23.1 Å². The van der Waals surface area contributed by atoms with Gasteiger partial charge in [-0.3, -0.25) is 0 Å². The molecule has 1 saturated heterocycles. The van der Waals surface area contributed by atoms with E-state index in [9.17, 15) is 8.42 Å². The third-order valence-corrected chi connectivity index (χ3v) is 7.17. The van der Waals surface area contributed by atoms with Crippen LogP contribution in [0.3, 0.4) is 0 Å². The predicted octanol–water partition coefficient (Wildman–Crippen LogP) is 1.89. The lowest BCUT2D eigenvalue weighted by molar-refractivity contribution is 0.394. The minimum atomic E-state index is -3.44. The Balaban J connectivity index is 2.45. The number of aryl methyl sites for hydroxylation is 1. The molecule has 1 heterocycles. The van der Waals surface area contributed by atoms with Gasteiger partial charge in [0.05, 0.1) is 4.90 Å². The molecule has 0 spiro atoms. The maximum atomic E-state index is 12.8. The number of nitrogens with two attached hydrogens (primary N) is 1. The van der Waals surface area contributed by atoms with Gasteiger partial charge in [-0.15, -0.1) is 0 Å². The monoisotopic (exact) mass is 314 g/mol. The van der Waals surface area contributed by atoms with Gasteiger partial charge in [-0.2, -0.15) is 16.1 Å². The van der Waals surface area contributed by atoms with Crippen LogP contribution in [0, 0.1) is 13.8 Å². The molecule has 0 saturated carbocycles. The number of thioether (sulfide) groups is 1. The van der Waals surface area contributed by atoms with Crippen molar-refractivity contribution >= 4 is 21.8 Å². The zero-order valence-corrected chi connectivity index (χ0v) is 13.9. The molecule has 1 fully saturated rings. The van der Waals surface area contributed by atoms with Gasteiger partial charge in [-0.25, -0.2) is 8.42 Å². The van der Waals surface area contributed by atoms with E-state index in [0.717, 1.165) is 34.6 Å². The molecule has 6 heteroatoms. The van der Waals surface area contributed by atoms with Gasteiger partial charge in [0.15, 0.2) is 0 Å². The molecule has 1 atom stereocenters. The molecule has 20 heavy (non-hydrogen) atoms. The average molecular weight is 314 g/mol. The molecule has 0 aliphatic carbocycles. The van der Waals surface area contributed by atoms with Crippen LogP contribution < -0.4 is 5.73 Å². The number of hydrogen-bond donors (Lipinski definition) is 1. The summed E-state index contributed by atoms with van der Waals surface area (Å²) < 4.78 is 27.2. The largest absolute Gasteiger partial charge is 0.326 e. The van der Waals surface area contributed by atoms with Crippen molar-refractivity contribution in [2.24, 2.45) is 5.73 Å². The smallest absolute Gasteiger partial charge is 0.243 e. The van der Waals surface area contributed by atoms with E-state index in [4.69, 9.17) is 5.73 Å². The Labute approximate surface area is 125 Å². The lowest BCUT2D eigenvalue weighted by atomic mass is 10.1. The van der Waals surface area contributed by atoms with Crippen molar-refractivity contribution in [1.29, 1.82) is 0 Å². The highest BCUT2D eigenvalue weighted by molar-refractivity contribution is 7.99. The van der Waals surface area contributed by atoms with Gasteiger partial charge >= 0.3 is 0 Å². The molecule has 2 rings (SSSR count). The summed E-state index contributed by atoms with van der Waals surface area (Å²) in [7, 11) is -1.75. The van der Waals surface area contributed by atoms with E-state index in [-0.39, 0.29) is 6.04 Å². The molecule has 1 aliphatic rings. The first kappa shape index (κ1) is 15.8. The molecule has 1 aromatic rings. The fraction of sp³-hybridized carbons (Fsp3) is 0.571. The second-order valence-corrected chi connectivity index (χ2v) is 8.39. The lowest BCUT2D eigenvalue weighted by Crippen LogP contribution is -2.37. The molecule has 1 aliphatic heterocycles. The summed E-state index contributed by atoms with van der Waals surface area (Å²) in [5, 5.41) is 0. The molecule has 4 nitrogen and oxygen atoms in total. The SMILES string of the molecule is Cc1cc(CN)cc(S(=O)(=O)N(C)C2CCSC2)c1C. The molecular formula is C14H22N2O2S2. The summed E-state index contributed by atoms with van der Waals surface area (Å²) in [6.07, 6.45) is 0.926. The number of nitrogens with zero attached hydrogens (tertiary/aromatic N) is 1. The quantitative estimate of drug-likeness (QED) is 0.922. The van der Waals surface area contributed by atoms with Crippen molar-refractivity contribution in [3.63, 3.8) is 0 Å². The lowest BCUT2D eigenvalue weighted by Gasteiger charge is -2.24. The van der Waals surface area contributed by atoms with E-state index in [0.29, 0.717) is 11.4 Å². The van der Waals surface area contributed by atoms with Crippen LogP contribution in [-0.2, 0) is 16.6 Å². The second-order valence-electron chi connectivity index (χ2n) is 5.28. The summed E-state index contributed by atoms with van der Waals surface area (Å²) in [4.78, 5) is 0.400. The first-order valence-corrected chi connectivity index (χ1v) is 9.33. The van der Waals surface area contributed by atoms with Crippen LogP contribution in [0.15, 0.2) is 17.0 Å². The van der Waals surface area contributed by atoms with Gasteiger partial charge in [0.2, 0.25) is 10.0 Å². The highest BCUT2D eigenvalue weighted by Crippen LogP contribution is 2.29. The van der Waals surface area contributed by atoms with Gasteiger partial charge < -0.3 is 5.73 Å². The first-order valence-electron chi connectivity index (χ1n) is 6.74. The van der Waals surface area contributed by atoms with Gasteiger partial charge in [0.25, 0.3) is 0 Å². The Morgan fingerprint density at radius 1 is 1.40 bits per heavy atom. The maximum Gasteiger partial charge on any atom is 0.243 e. The fourth-order valence-corrected chi connectivity index (χ4v) is 5.54. The molecule has 0 aromatic heterocycles.